The number of likely N-dealkylation sites (N-methyl/N-ethyl adjacent to an activating group) is 1. The molecule has 0 bridgehead atoms. The Morgan fingerprint density at radius 3 is 2.56 bits per heavy atom. The Bertz CT molecular complexity index is 1640. The fourth-order valence-corrected chi connectivity index (χ4v) is 6.22. The van der Waals surface area contributed by atoms with Crippen LogP contribution in [0.2, 0.25) is 10.0 Å². The lowest BCUT2D eigenvalue weighted by molar-refractivity contribution is 0.0977. The van der Waals surface area contributed by atoms with Crippen molar-refractivity contribution in [3.8, 4) is 28.8 Å². The quantitative estimate of drug-likeness (QED) is 0.243. The zero-order chi connectivity index (χ0) is 28.9. The van der Waals surface area contributed by atoms with Gasteiger partial charge in [-0.25, -0.2) is 4.98 Å². The van der Waals surface area contributed by atoms with E-state index in [1.807, 2.05) is 25.1 Å². The minimum absolute atomic E-state index is 0.0887. The standard InChI is InChI=1S/C30H31Cl2N7O2/c1-17(27-22(31)12-34-13-23(27)32)41-26-8-21-24(9-25(26)40-4)36-37-28(21)20-7-19(10-33)29(35-11-20)39-15-30(2,16-39)38(3)14-18-5-6-18/h7-9,11-13,17-18H,5-6,14-16H2,1-4H3,(H,36,37)/t17-/m1/s1. The summed E-state index contributed by atoms with van der Waals surface area (Å²) < 4.78 is 11.9. The summed E-state index contributed by atoms with van der Waals surface area (Å²) in [7, 11) is 3.78. The van der Waals surface area contributed by atoms with Gasteiger partial charge in [0.2, 0.25) is 0 Å². The molecule has 0 unspecified atom stereocenters. The molecule has 2 aliphatic rings. The van der Waals surface area contributed by atoms with Crippen LogP contribution in [0.15, 0.2) is 36.8 Å². The largest absolute Gasteiger partial charge is 0.493 e. The number of hydrogen-bond donors (Lipinski definition) is 1. The number of aromatic amines is 1. The molecular formula is C30H31Cl2N7O2. The highest BCUT2D eigenvalue weighted by Crippen LogP contribution is 2.41. The highest BCUT2D eigenvalue weighted by molar-refractivity contribution is 6.35. The van der Waals surface area contributed by atoms with Gasteiger partial charge in [0.05, 0.1) is 33.8 Å². The second-order valence-corrected chi connectivity index (χ2v) is 12.1. The summed E-state index contributed by atoms with van der Waals surface area (Å²) >= 11 is 12.7. The number of hydrogen-bond acceptors (Lipinski definition) is 8. The number of pyridine rings is 2. The fourth-order valence-electron chi connectivity index (χ4n) is 5.55. The first-order valence-electron chi connectivity index (χ1n) is 13.6. The lowest BCUT2D eigenvalue weighted by Gasteiger charge is -2.53. The number of nitrogens with zero attached hydrogens (tertiary/aromatic N) is 6. The molecule has 11 heteroatoms. The lowest BCUT2D eigenvalue weighted by atomic mass is 9.89. The molecule has 6 rings (SSSR count). The molecule has 1 aromatic carbocycles. The van der Waals surface area contributed by atoms with Crippen molar-refractivity contribution in [2.24, 2.45) is 5.92 Å². The Kier molecular flexibility index (Phi) is 7.18. The highest BCUT2D eigenvalue weighted by atomic mass is 35.5. The van der Waals surface area contributed by atoms with Gasteiger partial charge in [0.15, 0.2) is 11.5 Å². The van der Waals surface area contributed by atoms with Gasteiger partial charge >= 0.3 is 0 Å². The molecule has 0 amide bonds. The van der Waals surface area contributed by atoms with Gasteiger partial charge in [0.25, 0.3) is 0 Å². The topological polar surface area (TPSA) is 103 Å². The zero-order valence-corrected chi connectivity index (χ0v) is 24.9. The van der Waals surface area contributed by atoms with Crippen LogP contribution < -0.4 is 14.4 Å². The number of H-pyrrole nitrogens is 1. The number of fused-ring (bicyclic) bond motifs is 1. The van der Waals surface area contributed by atoms with Gasteiger partial charge in [-0.1, -0.05) is 23.2 Å². The average Bonchev–Trinajstić information content (AvgIpc) is 3.66. The summed E-state index contributed by atoms with van der Waals surface area (Å²) in [6.07, 6.45) is 7.04. The molecule has 1 aliphatic carbocycles. The first kappa shape index (κ1) is 27.6. The SMILES string of the molecule is COc1cc2[nH]nc(-c3cnc(N4CC(C)(N(C)CC5CC5)C4)c(C#N)c3)c2cc1O[C@H](C)c1c(Cl)cncc1Cl. The third kappa shape index (κ3) is 5.16. The van der Waals surface area contributed by atoms with Crippen molar-refractivity contribution < 1.29 is 9.47 Å². The van der Waals surface area contributed by atoms with E-state index in [9.17, 15) is 5.26 Å². The van der Waals surface area contributed by atoms with Gasteiger partial charge in [-0.2, -0.15) is 10.4 Å². The zero-order valence-electron chi connectivity index (χ0n) is 23.4. The Morgan fingerprint density at radius 1 is 1.17 bits per heavy atom. The first-order chi connectivity index (χ1) is 19.7. The molecule has 1 saturated carbocycles. The molecule has 1 atom stereocenters. The van der Waals surface area contributed by atoms with E-state index in [-0.39, 0.29) is 5.54 Å². The fraction of sp³-hybridized carbons (Fsp3) is 0.400. The van der Waals surface area contributed by atoms with Gasteiger partial charge in [-0.05, 0) is 51.8 Å². The predicted molar refractivity (Wildman–Crippen MR) is 160 cm³/mol. The van der Waals surface area contributed by atoms with Crippen molar-refractivity contribution in [1.82, 2.24) is 25.1 Å². The lowest BCUT2D eigenvalue weighted by Crippen LogP contribution is -2.68. The summed E-state index contributed by atoms with van der Waals surface area (Å²) in [5.74, 6) is 2.57. The van der Waals surface area contributed by atoms with Gasteiger partial charge in [-0.3, -0.25) is 15.0 Å². The molecule has 1 saturated heterocycles. The van der Waals surface area contributed by atoms with Gasteiger partial charge in [-0.15, -0.1) is 0 Å². The van der Waals surface area contributed by atoms with E-state index in [0.29, 0.717) is 44.2 Å². The van der Waals surface area contributed by atoms with Crippen LogP contribution in [-0.4, -0.2) is 64.4 Å². The number of rotatable bonds is 9. The molecule has 9 nitrogen and oxygen atoms in total. The van der Waals surface area contributed by atoms with Crippen LogP contribution in [0.1, 0.15) is 43.9 Å². The third-order valence-corrected chi connectivity index (χ3v) is 8.82. The van der Waals surface area contributed by atoms with E-state index in [4.69, 9.17) is 37.7 Å². The number of halogens is 2. The Hall–Kier alpha value is -3.58. The van der Waals surface area contributed by atoms with Crippen molar-refractivity contribution in [2.75, 3.05) is 38.7 Å². The van der Waals surface area contributed by atoms with Crippen molar-refractivity contribution >= 4 is 39.9 Å². The van der Waals surface area contributed by atoms with Gasteiger partial charge in [0, 0.05) is 60.8 Å². The summed E-state index contributed by atoms with van der Waals surface area (Å²) in [5.41, 5.74) is 3.40. The van der Waals surface area contributed by atoms with E-state index < -0.39 is 6.10 Å². The molecule has 0 radical (unpaired) electrons. The molecule has 212 valence electrons. The van der Waals surface area contributed by atoms with Crippen LogP contribution in [0.25, 0.3) is 22.2 Å². The van der Waals surface area contributed by atoms with Crippen molar-refractivity contribution in [1.29, 1.82) is 5.26 Å². The Balaban J connectivity index is 1.28. The van der Waals surface area contributed by atoms with Crippen molar-refractivity contribution in [2.45, 2.75) is 38.3 Å². The normalized spacial score (nSPS) is 16.9. The maximum absolute atomic E-state index is 10.0. The Labute approximate surface area is 249 Å². The molecule has 3 aromatic heterocycles. The molecule has 2 fully saturated rings. The second kappa shape index (κ2) is 10.7. The third-order valence-electron chi connectivity index (χ3n) is 8.22. The van der Waals surface area contributed by atoms with E-state index in [1.165, 1.54) is 25.2 Å². The predicted octanol–water partition coefficient (Wildman–Crippen LogP) is 6.27. The van der Waals surface area contributed by atoms with Gasteiger partial charge < -0.3 is 14.4 Å². The van der Waals surface area contributed by atoms with Crippen LogP contribution in [0, 0.1) is 17.2 Å². The van der Waals surface area contributed by atoms with Crippen LogP contribution in [0.5, 0.6) is 11.5 Å². The van der Waals surface area contributed by atoms with Crippen LogP contribution in [0.4, 0.5) is 5.82 Å². The minimum Gasteiger partial charge on any atom is -0.493 e. The maximum atomic E-state index is 10.0. The number of anilines is 1. The molecule has 1 aliphatic heterocycles. The molecule has 4 aromatic rings. The minimum atomic E-state index is -0.476. The monoisotopic (exact) mass is 591 g/mol. The first-order valence-corrected chi connectivity index (χ1v) is 14.3. The maximum Gasteiger partial charge on any atom is 0.162 e. The molecular weight excluding hydrogens is 561 g/mol. The smallest absolute Gasteiger partial charge is 0.162 e. The van der Waals surface area contributed by atoms with Gasteiger partial charge in [0.1, 0.15) is 23.7 Å². The summed E-state index contributed by atoms with van der Waals surface area (Å²) in [5, 5.41) is 19.3. The van der Waals surface area contributed by atoms with Crippen molar-refractivity contribution in [3.05, 3.63) is 58.0 Å². The average molecular weight is 593 g/mol. The summed E-state index contributed by atoms with van der Waals surface area (Å²) in [4.78, 5) is 13.4. The summed E-state index contributed by atoms with van der Waals surface area (Å²) in [6.45, 7) is 6.96. The number of nitriles is 1. The van der Waals surface area contributed by atoms with E-state index in [2.05, 4.69) is 45.0 Å². The van der Waals surface area contributed by atoms with Crippen LogP contribution in [0.3, 0.4) is 0 Å². The molecule has 1 N–H and O–H groups in total. The van der Waals surface area contributed by atoms with Crippen LogP contribution >= 0.6 is 23.2 Å². The second-order valence-electron chi connectivity index (χ2n) is 11.3. The summed E-state index contributed by atoms with van der Waals surface area (Å²) in [6, 6.07) is 7.89. The Morgan fingerprint density at radius 2 is 1.90 bits per heavy atom. The molecule has 4 heterocycles. The molecule has 0 spiro atoms. The number of benzene rings is 1. The highest BCUT2D eigenvalue weighted by Gasteiger charge is 2.44. The number of ether oxygens (including phenoxy) is 2. The van der Waals surface area contributed by atoms with Crippen LogP contribution in [-0.2, 0) is 0 Å². The van der Waals surface area contributed by atoms with Crippen molar-refractivity contribution in [3.63, 3.8) is 0 Å². The van der Waals surface area contributed by atoms with E-state index in [1.54, 1.807) is 13.3 Å². The number of nitrogens with one attached hydrogen (secondary N) is 1. The van der Waals surface area contributed by atoms with E-state index in [0.717, 1.165) is 42.0 Å². The number of methoxy groups -OCH3 is 1. The number of aromatic nitrogens is 4. The van der Waals surface area contributed by atoms with E-state index >= 15 is 0 Å². The molecule has 41 heavy (non-hydrogen) atoms.